The van der Waals surface area contributed by atoms with E-state index in [0.29, 0.717) is 17.1 Å². The van der Waals surface area contributed by atoms with Crippen LogP contribution in [0.15, 0.2) is 66.7 Å². The topological polar surface area (TPSA) is 48.0 Å². The second-order valence-electron chi connectivity index (χ2n) is 7.31. The number of primary amides is 1. The largest absolute Gasteiger partial charge is 0.366 e. The molecule has 2 N–H and O–H groups in total. The molecule has 141 valence electrons. The molecule has 0 aliphatic carbocycles. The summed E-state index contributed by atoms with van der Waals surface area (Å²) in [4.78, 5) is 12.1. The maximum atomic E-state index is 12.1. The van der Waals surface area contributed by atoms with Crippen LogP contribution >= 0.6 is 11.6 Å². The van der Waals surface area contributed by atoms with E-state index in [-0.39, 0.29) is 0 Å². The molecule has 5 rings (SSSR count). The quantitative estimate of drug-likeness (QED) is 0.407. The van der Waals surface area contributed by atoms with Crippen molar-refractivity contribution in [1.29, 1.82) is 0 Å². The van der Waals surface area contributed by atoms with Crippen LogP contribution in [0, 0.1) is 13.0 Å². The Kier molecular flexibility index (Phi) is 4.07. The third-order valence-electron chi connectivity index (χ3n) is 5.62. The number of carbonyl (C=O) groups is 1. The van der Waals surface area contributed by atoms with Gasteiger partial charge in [0.15, 0.2) is 0 Å². The summed E-state index contributed by atoms with van der Waals surface area (Å²) in [6.07, 6.45) is 0. The van der Waals surface area contributed by atoms with E-state index in [4.69, 9.17) is 17.3 Å². The molecule has 1 radical (unpaired) electrons. The molecule has 1 heterocycles. The van der Waals surface area contributed by atoms with E-state index >= 15 is 0 Å². The number of fused-ring (bicyclic) bond motifs is 4. The second kappa shape index (κ2) is 6.64. The van der Waals surface area contributed by atoms with Crippen molar-refractivity contribution in [2.24, 2.45) is 5.73 Å². The number of aryl methyl sites for hydroxylation is 1. The zero-order valence-corrected chi connectivity index (χ0v) is 16.6. The zero-order chi connectivity index (χ0) is 20.1. The van der Waals surface area contributed by atoms with Gasteiger partial charge in [-0.3, -0.25) is 4.79 Å². The summed E-state index contributed by atoms with van der Waals surface area (Å²) >= 11 is 6.31. The number of aromatic nitrogens is 1. The molecule has 0 atom stereocenters. The van der Waals surface area contributed by atoms with Crippen molar-refractivity contribution in [3.05, 3.63) is 94.5 Å². The van der Waals surface area contributed by atoms with Crippen molar-refractivity contribution in [3.63, 3.8) is 0 Å². The highest BCUT2D eigenvalue weighted by molar-refractivity contribution is 6.31. The van der Waals surface area contributed by atoms with E-state index in [2.05, 4.69) is 54.0 Å². The number of carbonyl (C=O) groups excluding carboxylic acids is 1. The fourth-order valence-corrected chi connectivity index (χ4v) is 4.38. The number of nitrogens with two attached hydrogens (primary N) is 1. The van der Waals surface area contributed by atoms with Crippen molar-refractivity contribution in [2.75, 3.05) is 0 Å². The number of halogens is 1. The maximum absolute atomic E-state index is 12.1. The predicted molar refractivity (Wildman–Crippen MR) is 120 cm³/mol. The number of hydrogen-bond acceptors (Lipinski definition) is 1. The lowest BCUT2D eigenvalue weighted by molar-refractivity contribution is 0.100. The molecule has 0 fully saturated rings. The standard InChI is InChI=1S/C25H18ClN2O/c1-15-9-10-16-5-2-3-6-18(16)21(15)14-28-22-8-4-7-20(25(27)29)24(22)19-12-11-17(26)13-23(19)28/h2-11,13H,14H2,1H3,(H2,27,29). The van der Waals surface area contributed by atoms with Crippen LogP contribution in [0.2, 0.25) is 5.02 Å². The molecule has 1 amide bonds. The van der Waals surface area contributed by atoms with Gasteiger partial charge in [0.1, 0.15) is 0 Å². The fraction of sp³-hybridized carbons (Fsp3) is 0.0800. The number of rotatable bonds is 3. The van der Waals surface area contributed by atoms with E-state index in [9.17, 15) is 4.79 Å². The minimum Gasteiger partial charge on any atom is -0.366 e. The van der Waals surface area contributed by atoms with E-state index in [1.54, 1.807) is 12.1 Å². The summed E-state index contributed by atoms with van der Waals surface area (Å²) in [7, 11) is 0. The molecule has 0 saturated carbocycles. The van der Waals surface area contributed by atoms with Crippen LogP contribution in [-0.2, 0) is 6.54 Å². The Balaban J connectivity index is 1.86. The summed E-state index contributed by atoms with van der Waals surface area (Å²) < 4.78 is 2.20. The smallest absolute Gasteiger partial charge is 0.249 e. The average Bonchev–Trinajstić information content (AvgIpc) is 3.03. The van der Waals surface area contributed by atoms with Crippen molar-refractivity contribution in [2.45, 2.75) is 13.5 Å². The van der Waals surface area contributed by atoms with E-state index in [1.807, 2.05) is 18.2 Å². The monoisotopic (exact) mass is 397 g/mol. The van der Waals surface area contributed by atoms with Gasteiger partial charge in [-0.2, -0.15) is 0 Å². The number of nitrogens with zero attached hydrogens (tertiary/aromatic N) is 1. The average molecular weight is 398 g/mol. The minimum absolute atomic E-state index is 0.445. The zero-order valence-electron chi connectivity index (χ0n) is 15.9. The Hall–Kier alpha value is -3.30. The van der Waals surface area contributed by atoms with E-state index < -0.39 is 5.91 Å². The van der Waals surface area contributed by atoms with Crippen LogP contribution in [0.4, 0.5) is 0 Å². The summed E-state index contributed by atoms with van der Waals surface area (Å²) in [6.45, 7) is 2.78. The van der Waals surface area contributed by atoms with Gasteiger partial charge in [0.2, 0.25) is 5.91 Å². The van der Waals surface area contributed by atoms with Gasteiger partial charge in [-0.1, -0.05) is 54.1 Å². The van der Waals surface area contributed by atoms with Gasteiger partial charge < -0.3 is 10.3 Å². The molecule has 1 aromatic heterocycles. The lowest BCUT2D eigenvalue weighted by Gasteiger charge is -2.14. The highest BCUT2D eigenvalue weighted by Gasteiger charge is 2.18. The van der Waals surface area contributed by atoms with Crippen LogP contribution in [0.1, 0.15) is 21.5 Å². The van der Waals surface area contributed by atoms with Crippen LogP contribution in [-0.4, -0.2) is 10.5 Å². The first-order chi connectivity index (χ1) is 14.0. The van der Waals surface area contributed by atoms with Gasteiger partial charge in [-0.15, -0.1) is 0 Å². The minimum atomic E-state index is -0.445. The molecule has 0 aliphatic heterocycles. The van der Waals surface area contributed by atoms with Crippen LogP contribution < -0.4 is 5.73 Å². The first kappa shape index (κ1) is 17.8. The van der Waals surface area contributed by atoms with Crippen LogP contribution in [0.25, 0.3) is 32.6 Å². The highest BCUT2D eigenvalue weighted by atomic mass is 35.5. The molecule has 0 spiro atoms. The number of amides is 1. The summed E-state index contributed by atoms with van der Waals surface area (Å²) in [5, 5.41) is 4.72. The van der Waals surface area contributed by atoms with Crippen molar-refractivity contribution in [1.82, 2.24) is 4.57 Å². The van der Waals surface area contributed by atoms with Crippen molar-refractivity contribution < 1.29 is 4.79 Å². The Morgan fingerprint density at radius 1 is 1.07 bits per heavy atom. The van der Waals surface area contributed by atoms with Gasteiger partial charge in [0, 0.05) is 27.9 Å². The number of hydrogen-bond donors (Lipinski definition) is 1. The molecule has 4 aromatic carbocycles. The van der Waals surface area contributed by atoms with Crippen LogP contribution in [0.5, 0.6) is 0 Å². The molecular formula is C25H18ClN2O. The normalized spacial score (nSPS) is 11.5. The van der Waals surface area contributed by atoms with Gasteiger partial charge in [0.05, 0.1) is 11.0 Å². The van der Waals surface area contributed by atoms with Gasteiger partial charge in [-0.25, -0.2) is 0 Å². The lowest BCUT2D eigenvalue weighted by atomic mass is 9.99. The molecular weight excluding hydrogens is 380 g/mol. The Labute approximate surface area is 173 Å². The summed E-state index contributed by atoms with van der Waals surface area (Å²) in [5.41, 5.74) is 10.5. The van der Waals surface area contributed by atoms with Crippen molar-refractivity contribution >= 4 is 50.1 Å². The third-order valence-corrected chi connectivity index (χ3v) is 5.83. The molecule has 29 heavy (non-hydrogen) atoms. The fourth-order valence-electron chi connectivity index (χ4n) is 4.22. The van der Waals surface area contributed by atoms with Gasteiger partial charge in [0.25, 0.3) is 0 Å². The SMILES string of the molecule is Cc1ccc2ccccc2c1Cn1c2cc(Cl)c[c]c2c2c(C(N)=O)cccc21. The summed E-state index contributed by atoms with van der Waals surface area (Å²) in [6, 6.07) is 25.3. The first-order valence-electron chi connectivity index (χ1n) is 9.44. The van der Waals surface area contributed by atoms with E-state index in [1.165, 1.54) is 21.9 Å². The lowest BCUT2D eigenvalue weighted by Crippen LogP contribution is -2.11. The Morgan fingerprint density at radius 2 is 1.90 bits per heavy atom. The molecule has 0 saturated heterocycles. The molecule has 4 heteroatoms. The second-order valence-corrected chi connectivity index (χ2v) is 7.75. The molecule has 3 nitrogen and oxygen atoms in total. The van der Waals surface area contributed by atoms with Gasteiger partial charge in [-0.05, 0) is 59.2 Å². The molecule has 5 aromatic rings. The van der Waals surface area contributed by atoms with Crippen molar-refractivity contribution in [3.8, 4) is 0 Å². The third kappa shape index (κ3) is 2.78. The molecule has 0 aliphatic rings. The summed E-state index contributed by atoms with van der Waals surface area (Å²) in [5.74, 6) is -0.445. The number of benzene rings is 4. The van der Waals surface area contributed by atoms with Crippen LogP contribution in [0.3, 0.4) is 0 Å². The van der Waals surface area contributed by atoms with E-state index in [0.717, 1.165) is 21.8 Å². The highest BCUT2D eigenvalue weighted by Crippen LogP contribution is 2.34. The predicted octanol–water partition coefficient (Wildman–Crippen LogP) is 5.86. The first-order valence-corrected chi connectivity index (χ1v) is 9.81. The molecule has 0 unspecified atom stereocenters. The molecule has 0 bridgehead atoms. The van der Waals surface area contributed by atoms with Gasteiger partial charge >= 0.3 is 0 Å². The Bertz CT molecular complexity index is 1430. The Morgan fingerprint density at radius 3 is 2.72 bits per heavy atom. The maximum Gasteiger partial charge on any atom is 0.249 e.